The minimum atomic E-state index is -5.80. The molecule has 3 N–H and O–H groups in total. The minimum Gasteiger partial charge on any atom is -0.427 e. The van der Waals surface area contributed by atoms with Gasteiger partial charge in [0.05, 0.1) is 19.8 Å². The number of carbonyl (C=O) groups excluding carboxylic acids is 2. The van der Waals surface area contributed by atoms with E-state index in [0.29, 0.717) is 29.5 Å². The van der Waals surface area contributed by atoms with Crippen LogP contribution in [0.1, 0.15) is 201 Å². The Morgan fingerprint density at radius 2 is 1.10 bits per heavy atom. The Kier molecular flexibility index (Phi) is 28.3. The van der Waals surface area contributed by atoms with Gasteiger partial charge in [0, 0.05) is 30.2 Å². The van der Waals surface area contributed by atoms with Crippen molar-refractivity contribution in [3.63, 3.8) is 0 Å². The molecule has 4 rings (SSSR count). The predicted molar refractivity (Wildman–Crippen MR) is 279 cm³/mol. The van der Waals surface area contributed by atoms with Crippen LogP contribution in [0.4, 0.5) is 0 Å². The molecule has 2 heterocycles. The fraction of sp³-hybridized carbons (Fsp3) is 0.615. The molecular weight excluding hydrogens is 1000 g/mol. The lowest BCUT2D eigenvalue weighted by Crippen LogP contribution is -2.33. The van der Waals surface area contributed by atoms with Crippen molar-refractivity contribution >= 4 is 35.2 Å². The normalized spacial score (nSPS) is 17.0. The quantitative estimate of drug-likeness (QED) is 0.0120. The minimum absolute atomic E-state index is 0.0388. The van der Waals surface area contributed by atoms with Crippen LogP contribution in [-0.4, -0.2) is 43.8 Å². The highest BCUT2D eigenvalue weighted by Gasteiger charge is 2.44. The predicted octanol–water partition coefficient (Wildman–Crippen LogP) is 13.6. The summed E-state index contributed by atoms with van der Waals surface area (Å²) in [5, 5.41) is 0. The van der Waals surface area contributed by atoms with Gasteiger partial charge in [-0.25, -0.2) is 18.5 Å². The molecular formula is C52H79N2O16P3. The second-order valence-corrected chi connectivity index (χ2v) is 23.5. The van der Waals surface area contributed by atoms with E-state index in [0.717, 1.165) is 55.9 Å². The van der Waals surface area contributed by atoms with E-state index < -0.39 is 66.9 Å². The number of hydrogen-bond donors (Lipinski definition) is 3. The number of ether oxygens (including phenoxy) is 2. The van der Waals surface area contributed by atoms with Crippen molar-refractivity contribution in [1.82, 2.24) is 9.55 Å². The Balaban J connectivity index is 1.27. The number of phosphoric ester groups is 2. The van der Waals surface area contributed by atoms with Crippen molar-refractivity contribution in [2.45, 2.75) is 200 Å². The fourth-order valence-corrected chi connectivity index (χ4v) is 12.1. The number of aryl methyl sites for hydroxylation is 1. The summed E-state index contributed by atoms with van der Waals surface area (Å²) in [5.74, 6) is -0.160. The molecule has 1 aliphatic rings. The van der Waals surface area contributed by atoms with Gasteiger partial charge in [0.1, 0.15) is 11.9 Å². The number of aromatic amines is 1. The number of phosphoric acid groups is 3. The van der Waals surface area contributed by atoms with Crippen molar-refractivity contribution in [3.8, 4) is 5.75 Å². The third kappa shape index (κ3) is 25.2. The first kappa shape index (κ1) is 61.9. The number of esters is 1. The maximum absolute atomic E-state index is 14.1. The van der Waals surface area contributed by atoms with Crippen molar-refractivity contribution in [1.29, 1.82) is 0 Å². The first-order valence-electron chi connectivity index (χ1n) is 26.2. The van der Waals surface area contributed by atoms with Gasteiger partial charge in [-0.15, -0.1) is 0 Å². The van der Waals surface area contributed by atoms with Crippen LogP contribution in [0.15, 0.2) is 76.5 Å². The van der Waals surface area contributed by atoms with Gasteiger partial charge in [0.25, 0.3) is 5.56 Å². The Morgan fingerprint density at radius 3 is 1.62 bits per heavy atom. The standard InChI is InChI=1S/C52H79N2O16P3/c1-4-6-8-10-12-13-14-15-16-17-18-19-21-23-25-27-50(56)68-46-34-30-44(31-35-46)40-66-73(63,65-39-43-28-32-45(33-29-43)48(55)26-24-22-20-11-9-7-5-2)70-72(61,62)69-71(59,60)64-41-47-36-37-49(67-47)54-38-42(3)51(57)53-52(54)58/h28-38,47,49H,4-27,39-41H2,1-3H3,(H,59,60)(H,61,62)(H,53,57,58)/t47-,49+,73?/m0/s1. The zero-order valence-electron chi connectivity index (χ0n) is 43.0. The van der Waals surface area contributed by atoms with Crippen LogP contribution in [0.2, 0.25) is 0 Å². The van der Waals surface area contributed by atoms with E-state index >= 15 is 0 Å². The van der Waals surface area contributed by atoms with E-state index in [1.807, 2.05) is 0 Å². The van der Waals surface area contributed by atoms with E-state index in [-0.39, 0.29) is 29.5 Å². The fourth-order valence-electron chi connectivity index (χ4n) is 8.02. The third-order valence-electron chi connectivity index (χ3n) is 12.2. The third-order valence-corrected chi connectivity index (χ3v) is 16.9. The molecule has 2 aromatic carbocycles. The first-order valence-corrected chi connectivity index (χ1v) is 30.6. The summed E-state index contributed by atoms with van der Waals surface area (Å²) < 4.78 is 77.6. The van der Waals surface area contributed by atoms with Gasteiger partial charge in [-0.05, 0) is 49.1 Å². The summed E-state index contributed by atoms with van der Waals surface area (Å²) in [5.41, 5.74) is 0.0688. The molecule has 3 aromatic rings. The molecule has 3 unspecified atom stereocenters. The Hall–Kier alpha value is -3.63. The maximum Gasteiger partial charge on any atom is 0.490 e. The van der Waals surface area contributed by atoms with Crippen LogP contribution >= 0.6 is 23.5 Å². The van der Waals surface area contributed by atoms with E-state index in [2.05, 4.69) is 23.1 Å². The molecule has 0 amide bonds. The lowest BCUT2D eigenvalue weighted by atomic mass is 10.0. The van der Waals surface area contributed by atoms with E-state index in [1.165, 1.54) is 133 Å². The van der Waals surface area contributed by atoms with Gasteiger partial charge in [0.2, 0.25) is 0 Å². The van der Waals surface area contributed by atoms with Crippen molar-refractivity contribution in [2.24, 2.45) is 0 Å². The van der Waals surface area contributed by atoms with E-state index in [9.17, 15) is 42.7 Å². The van der Waals surface area contributed by atoms with Crippen LogP contribution in [0.25, 0.3) is 0 Å². The van der Waals surface area contributed by atoms with Gasteiger partial charge in [0.15, 0.2) is 12.0 Å². The maximum atomic E-state index is 14.1. The largest absolute Gasteiger partial charge is 0.490 e. The van der Waals surface area contributed by atoms with E-state index in [1.54, 1.807) is 24.3 Å². The van der Waals surface area contributed by atoms with Gasteiger partial charge in [-0.2, -0.15) is 8.62 Å². The zero-order valence-corrected chi connectivity index (χ0v) is 45.7. The molecule has 0 fully saturated rings. The molecule has 0 saturated carbocycles. The smallest absolute Gasteiger partial charge is 0.427 e. The van der Waals surface area contributed by atoms with Gasteiger partial charge >= 0.3 is 35.1 Å². The Morgan fingerprint density at radius 1 is 0.616 bits per heavy atom. The number of H-pyrrole nitrogens is 1. The van der Waals surface area contributed by atoms with Crippen LogP contribution < -0.4 is 16.0 Å². The molecule has 0 bridgehead atoms. The highest BCUT2D eigenvalue weighted by Crippen LogP contribution is 2.69. The summed E-state index contributed by atoms with van der Waals surface area (Å²) in [6, 6.07) is 12.3. The number of rotatable bonds is 40. The molecule has 21 heteroatoms. The first-order chi connectivity index (χ1) is 35.0. The summed E-state index contributed by atoms with van der Waals surface area (Å²) in [6.07, 6.45) is 28.4. The van der Waals surface area contributed by atoms with Crippen molar-refractivity contribution in [3.05, 3.63) is 110 Å². The Labute approximate surface area is 430 Å². The highest BCUT2D eigenvalue weighted by molar-refractivity contribution is 7.67. The van der Waals surface area contributed by atoms with Crippen LogP contribution in [0.5, 0.6) is 5.75 Å². The van der Waals surface area contributed by atoms with Crippen LogP contribution in [-0.2, 0) is 58.6 Å². The molecule has 408 valence electrons. The molecule has 0 saturated heterocycles. The number of hydrogen-bond acceptors (Lipinski definition) is 14. The number of nitrogens with one attached hydrogen (secondary N) is 1. The number of nitrogens with zero attached hydrogens (tertiary/aromatic N) is 1. The molecule has 73 heavy (non-hydrogen) atoms. The average Bonchev–Trinajstić information content (AvgIpc) is 3.83. The van der Waals surface area contributed by atoms with Crippen molar-refractivity contribution < 1.29 is 64.7 Å². The lowest BCUT2D eigenvalue weighted by molar-refractivity contribution is -0.134. The summed E-state index contributed by atoms with van der Waals surface area (Å²) in [7, 11) is -16.4. The van der Waals surface area contributed by atoms with Gasteiger partial charge in [-0.1, -0.05) is 185 Å². The zero-order chi connectivity index (χ0) is 53.0. The monoisotopic (exact) mass is 1080 g/mol. The molecule has 1 aliphatic heterocycles. The number of Topliss-reactive ketones (excluding diaryl/α,β-unsaturated/α-hetero) is 1. The molecule has 0 radical (unpaired) electrons. The number of ketones is 1. The summed E-state index contributed by atoms with van der Waals surface area (Å²) in [4.78, 5) is 72.7. The number of carbonyl (C=O) groups is 2. The van der Waals surface area contributed by atoms with E-state index in [4.69, 9.17) is 27.4 Å². The average molecular weight is 1080 g/mol. The summed E-state index contributed by atoms with van der Waals surface area (Å²) in [6.45, 7) is 4.12. The topological polar surface area (TPSA) is 245 Å². The van der Waals surface area contributed by atoms with Crippen LogP contribution in [0.3, 0.4) is 0 Å². The molecule has 0 spiro atoms. The van der Waals surface area contributed by atoms with Crippen molar-refractivity contribution in [2.75, 3.05) is 6.61 Å². The Bertz CT molecular complexity index is 2410. The second-order valence-electron chi connectivity index (χ2n) is 18.6. The molecule has 5 atom stereocenters. The SMILES string of the molecule is CCCCCCCCCCCCCCCCCC(=O)Oc1ccc(COP(=O)(OCc2ccc(C(=O)CCCCCCCCC)cc2)OP(=O)(O)OP(=O)(O)OC[C@@H]2C=C[C@H](n3cc(C)c(=O)[nH]c3=O)O2)cc1. The van der Waals surface area contributed by atoms with Gasteiger partial charge in [-0.3, -0.25) is 37.5 Å². The molecule has 18 nitrogen and oxygen atoms in total. The second kappa shape index (κ2) is 33.4. The summed E-state index contributed by atoms with van der Waals surface area (Å²) >= 11 is 0. The number of unbranched alkanes of at least 4 members (excludes halogenated alkanes) is 20. The van der Waals surface area contributed by atoms with Crippen LogP contribution in [0, 0.1) is 6.92 Å². The van der Waals surface area contributed by atoms with Gasteiger partial charge < -0.3 is 19.3 Å². The number of benzene rings is 2. The number of aromatic nitrogens is 2. The lowest BCUT2D eigenvalue weighted by Gasteiger charge is -2.22. The molecule has 0 aliphatic carbocycles. The highest BCUT2D eigenvalue weighted by atomic mass is 31.3. The molecule has 1 aromatic heterocycles.